The van der Waals surface area contributed by atoms with E-state index in [1.807, 2.05) is 6.92 Å². The van der Waals surface area contributed by atoms with Crippen molar-refractivity contribution in [2.24, 2.45) is 0 Å². The Bertz CT molecular complexity index is 72.7. The molecule has 0 heterocycles. The summed E-state index contributed by atoms with van der Waals surface area (Å²) in [6.07, 6.45) is 0.919. The normalized spacial score (nSPS) is 12.7. The van der Waals surface area contributed by atoms with E-state index >= 15 is 0 Å². The number of hydrogen-bond donors (Lipinski definition) is 1. The summed E-state index contributed by atoms with van der Waals surface area (Å²) in [6, 6.07) is 0. The van der Waals surface area contributed by atoms with Crippen LogP contribution in [0.4, 0.5) is 0 Å². The zero-order valence-corrected chi connectivity index (χ0v) is 5.54. The van der Waals surface area contributed by atoms with E-state index < -0.39 is 0 Å². The van der Waals surface area contributed by atoms with E-state index in [-0.39, 0.29) is 6.10 Å². The molecule has 1 atom stereocenters. The van der Waals surface area contributed by atoms with Gasteiger partial charge in [0.25, 0.3) is 6.47 Å². The fraction of sp³-hybridized carbons (Fsp3) is 0.833. The lowest BCUT2D eigenvalue weighted by Gasteiger charge is -2.04. The number of hydrogen-bond acceptors (Lipinski definition) is 3. The van der Waals surface area contributed by atoms with Gasteiger partial charge in [-0.1, -0.05) is 6.92 Å². The molecular weight excluding hydrogens is 120 g/mol. The largest absolute Gasteiger partial charge is 0.468 e. The van der Waals surface area contributed by atoms with Crippen LogP contribution in [0, 0.1) is 0 Å². The summed E-state index contributed by atoms with van der Waals surface area (Å²) in [5.74, 6) is 0. The molecule has 0 bridgehead atoms. The lowest BCUT2D eigenvalue weighted by molar-refractivity contribution is -0.129. The van der Waals surface area contributed by atoms with Crippen molar-refractivity contribution in [2.75, 3.05) is 6.61 Å². The molecule has 0 spiro atoms. The first kappa shape index (κ1) is 8.43. The van der Waals surface area contributed by atoms with Crippen LogP contribution in [0.5, 0.6) is 0 Å². The molecular formula is C6H12O3. The van der Waals surface area contributed by atoms with Crippen molar-refractivity contribution in [3.63, 3.8) is 0 Å². The molecule has 0 saturated heterocycles. The average molecular weight is 132 g/mol. The quantitative estimate of drug-likeness (QED) is 0.433. The van der Waals surface area contributed by atoms with Crippen LogP contribution in [0.3, 0.4) is 0 Å². The molecule has 54 valence electrons. The number of aliphatic hydroxyl groups is 1. The Balaban J connectivity index is 2.96. The fourth-order valence-corrected chi connectivity index (χ4v) is 0.456. The smallest absolute Gasteiger partial charge is 0.293 e. The number of rotatable bonds is 5. The summed E-state index contributed by atoms with van der Waals surface area (Å²) in [6.45, 7) is 2.59. The average Bonchev–Trinajstić information content (AvgIpc) is 1.89. The first-order chi connectivity index (χ1) is 4.31. The molecule has 0 aliphatic heterocycles. The Hall–Kier alpha value is -0.570. The summed E-state index contributed by atoms with van der Waals surface area (Å²) < 4.78 is 4.37. The van der Waals surface area contributed by atoms with Crippen molar-refractivity contribution in [1.82, 2.24) is 0 Å². The molecule has 0 fully saturated rings. The van der Waals surface area contributed by atoms with Crippen LogP contribution < -0.4 is 0 Å². The van der Waals surface area contributed by atoms with Crippen LogP contribution >= 0.6 is 0 Å². The highest BCUT2D eigenvalue weighted by Crippen LogP contribution is 1.95. The van der Waals surface area contributed by atoms with Gasteiger partial charge in [0.15, 0.2) is 0 Å². The van der Waals surface area contributed by atoms with Gasteiger partial charge in [-0.25, -0.2) is 0 Å². The van der Waals surface area contributed by atoms with E-state index in [2.05, 4.69) is 4.74 Å². The van der Waals surface area contributed by atoms with E-state index in [1.165, 1.54) is 0 Å². The van der Waals surface area contributed by atoms with E-state index in [0.29, 0.717) is 25.9 Å². The molecule has 0 aromatic heterocycles. The summed E-state index contributed by atoms with van der Waals surface area (Å²) in [7, 11) is 0. The third-order valence-corrected chi connectivity index (χ3v) is 1.11. The van der Waals surface area contributed by atoms with E-state index in [1.54, 1.807) is 0 Å². The van der Waals surface area contributed by atoms with Crippen LogP contribution in [0.1, 0.15) is 19.8 Å². The standard InChI is InChI=1S/C6H12O3/c1-2-6(8)3-4-9-5-7/h5-6,8H,2-4H2,1H3. The molecule has 9 heavy (non-hydrogen) atoms. The van der Waals surface area contributed by atoms with E-state index in [4.69, 9.17) is 5.11 Å². The highest BCUT2D eigenvalue weighted by atomic mass is 16.5. The van der Waals surface area contributed by atoms with Crippen molar-refractivity contribution < 1.29 is 14.6 Å². The predicted octanol–water partition coefficient (Wildman–Crippen LogP) is 0.320. The molecule has 3 nitrogen and oxygen atoms in total. The van der Waals surface area contributed by atoms with Gasteiger partial charge >= 0.3 is 0 Å². The van der Waals surface area contributed by atoms with Gasteiger partial charge in [0.2, 0.25) is 0 Å². The lowest BCUT2D eigenvalue weighted by Crippen LogP contribution is -2.08. The monoisotopic (exact) mass is 132 g/mol. The number of carbonyl (C=O) groups is 1. The summed E-state index contributed by atoms with van der Waals surface area (Å²) in [5.41, 5.74) is 0. The summed E-state index contributed by atoms with van der Waals surface area (Å²) in [5, 5.41) is 8.89. The highest BCUT2D eigenvalue weighted by molar-refractivity contribution is 5.36. The molecule has 3 heteroatoms. The van der Waals surface area contributed by atoms with Gasteiger partial charge in [0, 0.05) is 6.42 Å². The first-order valence-electron chi connectivity index (χ1n) is 3.04. The van der Waals surface area contributed by atoms with Crippen LogP contribution in [-0.4, -0.2) is 24.3 Å². The number of ether oxygens (including phenoxy) is 1. The molecule has 0 amide bonds. The zero-order chi connectivity index (χ0) is 7.11. The molecule has 0 aromatic carbocycles. The van der Waals surface area contributed by atoms with Crippen molar-refractivity contribution in [3.8, 4) is 0 Å². The van der Waals surface area contributed by atoms with E-state index in [0.717, 1.165) is 0 Å². The molecule has 0 saturated carbocycles. The van der Waals surface area contributed by atoms with Crippen molar-refractivity contribution >= 4 is 6.47 Å². The molecule has 0 rings (SSSR count). The minimum Gasteiger partial charge on any atom is -0.468 e. The minimum absolute atomic E-state index is 0.318. The molecule has 0 aliphatic carbocycles. The Morgan fingerprint density at radius 1 is 1.78 bits per heavy atom. The van der Waals surface area contributed by atoms with Crippen LogP contribution in [0.25, 0.3) is 0 Å². The zero-order valence-electron chi connectivity index (χ0n) is 5.54. The summed E-state index contributed by atoms with van der Waals surface area (Å²) >= 11 is 0. The molecule has 0 aromatic rings. The molecule has 1 N–H and O–H groups in total. The van der Waals surface area contributed by atoms with Gasteiger partial charge in [0.05, 0.1) is 12.7 Å². The molecule has 0 aliphatic rings. The minimum atomic E-state index is -0.329. The fourth-order valence-electron chi connectivity index (χ4n) is 0.456. The SMILES string of the molecule is CCC(O)CCOC=O. The Labute approximate surface area is 54.6 Å². The van der Waals surface area contributed by atoms with Crippen LogP contribution in [-0.2, 0) is 9.53 Å². The number of aliphatic hydroxyl groups excluding tert-OH is 1. The van der Waals surface area contributed by atoms with Gasteiger partial charge in [0.1, 0.15) is 0 Å². The van der Waals surface area contributed by atoms with Crippen molar-refractivity contribution in [1.29, 1.82) is 0 Å². The Kier molecular flexibility index (Phi) is 5.21. The lowest BCUT2D eigenvalue weighted by atomic mass is 10.2. The maximum atomic E-state index is 9.57. The van der Waals surface area contributed by atoms with Gasteiger partial charge in [-0.3, -0.25) is 4.79 Å². The Morgan fingerprint density at radius 3 is 2.89 bits per heavy atom. The number of carbonyl (C=O) groups excluding carboxylic acids is 1. The summed E-state index contributed by atoms with van der Waals surface area (Å²) in [4.78, 5) is 9.57. The topological polar surface area (TPSA) is 46.5 Å². The second kappa shape index (κ2) is 5.56. The highest BCUT2D eigenvalue weighted by Gasteiger charge is 1.98. The third-order valence-electron chi connectivity index (χ3n) is 1.11. The molecule has 0 radical (unpaired) electrons. The second-order valence-electron chi connectivity index (χ2n) is 1.82. The van der Waals surface area contributed by atoms with Crippen LogP contribution in [0.2, 0.25) is 0 Å². The first-order valence-corrected chi connectivity index (χ1v) is 3.04. The predicted molar refractivity (Wildman–Crippen MR) is 32.9 cm³/mol. The maximum Gasteiger partial charge on any atom is 0.293 e. The van der Waals surface area contributed by atoms with Crippen molar-refractivity contribution in [2.45, 2.75) is 25.9 Å². The van der Waals surface area contributed by atoms with Crippen molar-refractivity contribution in [3.05, 3.63) is 0 Å². The molecule has 1 unspecified atom stereocenters. The Morgan fingerprint density at radius 2 is 2.44 bits per heavy atom. The van der Waals surface area contributed by atoms with Gasteiger partial charge in [-0.2, -0.15) is 0 Å². The van der Waals surface area contributed by atoms with E-state index in [9.17, 15) is 4.79 Å². The van der Waals surface area contributed by atoms with Gasteiger partial charge < -0.3 is 9.84 Å². The third kappa shape index (κ3) is 5.30. The van der Waals surface area contributed by atoms with Crippen LogP contribution in [0.15, 0.2) is 0 Å². The second-order valence-corrected chi connectivity index (χ2v) is 1.82. The maximum absolute atomic E-state index is 9.57. The van der Waals surface area contributed by atoms with Gasteiger partial charge in [-0.05, 0) is 6.42 Å². The van der Waals surface area contributed by atoms with Gasteiger partial charge in [-0.15, -0.1) is 0 Å².